The van der Waals surface area contributed by atoms with Gasteiger partial charge in [0.15, 0.2) is 0 Å². The lowest BCUT2D eigenvalue weighted by atomic mass is 10.2. The van der Waals surface area contributed by atoms with Crippen LogP contribution in [0.15, 0.2) is 41.6 Å². The first-order valence-corrected chi connectivity index (χ1v) is 7.77. The van der Waals surface area contributed by atoms with Crippen molar-refractivity contribution in [3.63, 3.8) is 0 Å². The van der Waals surface area contributed by atoms with Gasteiger partial charge in [-0.25, -0.2) is 8.42 Å². The van der Waals surface area contributed by atoms with Gasteiger partial charge < -0.3 is 9.84 Å². The Balaban J connectivity index is 2.15. The number of nitrogens with one attached hydrogen (secondary N) is 1. The fraction of sp³-hybridized carbons (Fsp3) is 0.308. The van der Waals surface area contributed by atoms with Crippen molar-refractivity contribution in [3.05, 3.63) is 42.2 Å². The summed E-state index contributed by atoms with van der Waals surface area (Å²) in [5.41, 5.74) is 0.911. The lowest BCUT2D eigenvalue weighted by Gasteiger charge is -2.07. The van der Waals surface area contributed by atoms with Crippen LogP contribution in [-0.4, -0.2) is 37.0 Å². The van der Waals surface area contributed by atoms with Crippen LogP contribution in [-0.2, 0) is 27.9 Å². The van der Waals surface area contributed by atoms with Gasteiger partial charge in [0.25, 0.3) is 10.0 Å². The number of ether oxygens (including phenoxy) is 1. The molecule has 1 heterocycles. The van der Waals surface area contributed by atoms with E-state index in [0.717, 1.165) is 0 Å². The van der Waals surface area contributed by atoms with Gasteiger partial charge in [-0.15, -0.1) is 0 Å². The van der Waals surface area contributed by atoms with E-state index in [1.807, 2.05) is 0 Å². The first-order chi connectivity index (χ1) is 10.0. The monoisotopic (exact) mass is 311 g/mol. The quantitative estimate of drug-likeness (QED) is 0.789. The Morgan fingerprint density at radius 2 is 2.24 bits per heavy atom. The third-order valence-electron chi connectivity index (χ3n) is 2.80. The molecule has 0 amide bonds. The van der Waals surface area contributed by atoms with Crippen molar-refractivity contribution < 1.29 is 18.3 Å². The van der Waals surface area contributed by atoms with Crippen LogP contribution in [0.25, 0.3) is 0 Å². The van der Waals surface area contributed by atoms with Gasteiger partial charge in [0.05, 0.1) is 36.5 Å². The normalized spacial score (nSPS) is 11.5. The van der Waals surface area contributed by atoms with E-state index in [1.54, 1.807) is 30.1 Å². The van der Waals surface area contributed by atoms with Crippen LogP contribution in [0.2, 0.25) is 0 Å². The molecule has 0 bridgehead atoms. The van der Waals surface area contributed by atoms with Gasteiger partial charge in [0.2, 0.25) is 0 Å². The van der Waals surface area contributed by atoms with E-state index >= 15 is 0 Å². The van der Waals surface area contributed by atoms with Gasteiger partial charge in [0, 0.05) is 13.3 Å². The van der Waals surface area contributed by atoms with Gasteiger partial charge in [0.1, 0.15) is 0 Å². The van der Waals surface area contributed by atoms with Crippen LogP contribution in [0.4, 0.5) is 5.69 Å². The van der Waals surface area contributed by atoms with E-state index < -0.39 is 10.0 Å². The summed E-state index contributed by atoms with van der Waals surface area (Å²) in [5.74, 6) is 0. The van der Waals surface area contributed by atoms with Gasteiger partial charge in [-0.2, -0.15) is 5.10 Å². The number of aliphatic hydroxyl groups excluding tert-OH is 1. The number of aliphatic hydroxyl groups is 1. The second-order valence-electron chi connectivity index (χ2n) is 4.40. The second-order valence-corrected chi connectivity index (χ2v) is 6.08. The molecule has 1 aromatic heterocycles. The molecule has 2 rings (SSSR count). The number of rotatable bonds is 7. The average molecular weight is 311 g/mol. The number of methoxy groups -OCH3 is 1. The molecule has 21 heavy (non-hydrogen) atoms. The van der Waals surface area contributed by atoms with E-state index in [4.69, 9.17) is 9.84 Å². The fourth-order valence-electron chi connectivity index (χ4n) is 1.75. The van der Waals surface area contributed by atoms with E-state index in [1.165, 1.54) is 18.3 Å². The highest BCUT2D eigenvalue weighted by Gasteiger charge is 2.15. The maximum Gasteiger partial charge on any atom is 0.262 e. The standard InChI is InChI=1S/C13H17N3O4S/c1-20-6-5-16-9-12(8-14-16)15-21(18,19)13-4-2-3-11(7-13)10-17/h2-4,7-9,15,17H,5-6,10H2,1H3. The van der Waals surface area contributed by atoms with Crippen LogP contribution in [0.3, 0.4) is 0 Å². The molecule has 8 heteroatoms. The van der Waals surface area contributed by atoms with Crippen molar-refractivity contribution in [2.24, 2.45) is 0 Å². The Hall–Kier alpha value is -1.90. The molecule has 0 aliphatic rings. The summed E-state index contributed by atoms with van der Waals surface area (Å²) in [4.78, 5) is 0.0960. The van der Waals surface area contributed by atoms with Crippen molar-refractivity contribution in [1.82, 2.24) is 9.78 Å². The van der Waals surface area contributed by atoms with Crippen LogP contribution < -0.4 is 4.72 Å². The number of anilines is 1. The van der Waals surface area contributed by atoms with E-state index in [2.05, 4.69) is 9.82 Å². The molecule has 114 valence electrons. The third-order valence-corrected chi connectivity index (χ3v) is 4.18. The molecule has 0 saturated heterocycles. The highest BCUT2D eigenvalue weighted by atomic mass is 32.2. The van der Waals surface area contributed by atoms with E-state index in [0.29, 0.717) is 24.4 Å². The largest absolute Gasteiger partial charge is 0.392 e. The minimum Gasteiger partial charge on any atom is -0.392 e. The van der Waals surface area contributed by atoms with Gasteiger partial charge in [-0.1, -0.05) is 12.1 Å². The maximum absolute atomic E-state index is 12.2. The molecule has 0 radical (unpaired) electrons. The van der Waals surface area contributed by atoms with Gasteiger partial charge in [-0.05, 0) is 17.7 Å². The zero-order valence-corrected chi connectivity index (χ0v) is 12.4. The Bertz CT molecular complexity index is 697. The van der Waals surface area contributed by atoms with E-state index in [-0.39, 0.29) is 11.5 Å². The molecule has 0 unspecified atom stereocenters. The van der Waals surface area contributed by atoms with Crippen LogP contribution in [0.5, 0.6) is 0 Å². The number of aromatic nitrogens is 2. The Labute approximate surface area is 123 Å². The first kappa shape index (κ1) is 15.5. The number of benzene rings is 1. The van der Waals surface area contributed by atoms with Crippen molar-refractivity contribution in [2.45, 2.75) is 18.0 Å². The second kappa shape index (κ2) is 6.70. The molecule has 7 nitrogen and oxygen atoms in total. The van der Waals surface area contributed by atoms with Crippen LogP contribution >= 0.6 is 0 Å². The fourth-order valence-corrected chi connectivity index (χ4v) is 2.85. The van der Waals surface area contributed by atoms with Gasteiger partial charge >= 0.3 is 0 Å². The Kier molecular flexibility index (Phi) is 4.94. The molecular formula is C13H17N3O4S. The third kappa shape index (κ3) is 4.03. The van der Waals surface area contributed by atoms with Crippen molar-refractivity contribution in [3.8, 4) is 0 Å². The number of sulfonamides is 1. The molecule has 1 aromatic carbocycles. The van der Waals surface area contributed by atoms with Crippen LogP contribution in [0.1, 0.15) is 5.56 Å². The van der Waals surface area contributed by atoms with Crippen LogP contribution in [0, 0.1) is 0 Å². The molecule has 0 saturated carbocycles. The lowest BCUT2D eigenvalue weighted by molar-refractivity contribution is 0.183. The number of hydrogen-bond acceptors (Lipinski definition) is 5. The molecule has 2 aromatic rings. The summed E-state index contributed by atoms with van der Waals surface area (Å²) < 4.78 is 33.4. The van der Waals surface area contributed by atoms with Crippen molar-refractivity contribution >= 4 is 15.7 Å². The minimum atomic E-state index is -3.70. The molecule has 0 fully saturated rings. The number of hydrogen-bond donors (Lipinski definition) is 2. The summed E-state index contributed by atoms with van der Waals surface area (Å²) in [6, 6.07) is 6.14. The highest BCUT2D eigenvalue weighted by molar-refractivity contribution is 7.92. The maximum atomic E-state index is 12.2. The molecule has 0 aliphatic carbocycles. The molecular weight excluding hydrogens is 294 g/mol. The lowest BCUT2D eigenvalue weighted by Crippen LogP contribution is -2.13. The minimum absolute atomic E-state index is 0.0960. The zero-order chi connectivity index (χ0) is 15.3. The predicted molar refractivity (Wildman–Crippen MR) is 77.3 cm³/mol. The summed E-state index contributed by atoms with van der Waals surface area (Å²) in [5, 5.41) is 13.1. The zero-order valence-electron chi connectivity index (χ0n) is 11.6. The van der Waals surface area contributed by atoms with Crippen molar-refractivity contribution in [1.29, 1.82) is 0 Å². The molecule has 2 N–H and O–H groups in total. The first-order valence-electron chi connectivity index (χ1n) is 6.29. The highest BCUT2D eigenvalue weighted by Crippen LogP contribution is 2.16. The summed E-state index contributed by atoms with van der Waals surface area (Å²) >= 11 is 0. The van der Waals surface area contributed by atoms with Crippen molar-refractivity contribution in [2.75, 3.05) is 18.4 Å². The molecule has 0 aliphatic heterocycles. The topological polar surface area (TPSA) is 93.5 Å². The number of nitrogens with zero attached hydrogens (tertiary/aromatic N) is 2. The Morgan fingerprint density at radius 1 is 1.43 bits per heavy atom. The predicted octanol–water partition coefficient (Wildman–Crippen LogP) is 0.823. The smallest absolute Gasteiger partial charge is 0.262 e. The van der Waals surface area contributed by atoms with E-state index in [9.17, 15) is 8.42 Å². The SMILES string of the molecule is COCCn1cc(NS(=O)(=O)c2cccc(CO)c2)cn1. The van der Waals surface area contributed by atoms with Gasteiger partial charge in [-0.3, -0.25) is 9.40 Å². The summed E-state index contributed by atoms with van der Waals surface area (Å²) in [7, 11) is -2.11. The summed E-state index contributed by atoms with van der Waals surface area (Å²) in [6.45, 7) is 0.822. The average Bonchev–Trinajstić information content (AvgIpc) is 2.92. The molecule has 0 atom stereocenters. The summed E-state index contributed by atoms with van der Waals surface area (Å²) in [6.07, 6.45) is 3.02. The Morgan fingerprint density at radius 3 is 2.95 bits per heavy atom. The molecule has 0 spiro atoms.